The van der Waals surface area contributed by atoms with E-state index in [9.17, 15) is 9.59 Å². The first-order valence-electron chi connectivity index (χ1n) is 9.68. The van der Waals surface area contributed by atoms with Gasteiger partial charge in [-0.15, -0.1) is 0 Å². The molecule has 1 aliphatic carbocycles. The third-order valence-electron chi connectivity index (χ3n) is 5.09. The van der Waals surface area contributed by atoms with Crippen LogP contribution in [0.2, 0.25) is 0 Å². The molecule has 1 aliphatic heterocycles. The Hall–Kier alpha value is -1.92. The van der Waals surface area contributed by atoms with Crippen molar-refractivity contribution in [2.45, 2.75) is 51.1 Å². The maximum atomic E-state index is 12.4. The van der Waals surface area contributed by atoms with Gasteiger partial charge in [-0.2, -0.15) is 0 Å². The van der Waals surface area contributed by atoms with Crippen molar-refractivity contribution < 1.29 is 14.3 Å². The number of nitrogens with one attached hydrogen (secondary N) is 3. The number of benzene rings is 1. The Morgan fingerprint density at radius 3 is 2.81 bits per heavy atom. The minimum Gasteiger partial charge on any atom is -0.378 e. The van der Waals surface area contributed by atoms with Gasteiger partial charge in [0, 0.05) is 37.2 Å². The minimum absolute atomic E-state index is 0.00430. The zero-order valence-corrected chi connectivity index (χ0v) is 15.3. The molecule has 2 fully saturated rings. The number of amides is 2. The summed E-state index contributed by atoms with van der Waals surface area (Å²) in [6.07, 6.45) is 5.91. The van der Waals surface area contributed by atoms with E-state index >= 15 is 0 Å². The van der Waals surface area contributed by atoms with Gasteiger partial charge in [0.2, 0.25) is 11.8 Å². The second-order valence-corrected chi connectivity index (χ2v) is 7.23. The first kappa shape index (κ1) is 18.9. The molecule has 3 N–H and O–H groups in total. The van der Waals surface area contributed by atoms with Crippen LogP contribution < -0.4 is 16.0 Å². The van der Waals surface area contributed by atoms with E-state index in [0.29, 0.717) is 26.2 Å². The van der Waals surface area contributed by atoms with Crippen LogP contribution in [0, 0.1) is 5.92 Å². The molecule has 142 valence electrons. The number of hydrogen-bond donors (Lipinski definition) is 3. The van der Waals surface area contributed by atoms with Gasteiger partial charge in [-0.05, 0) is 30.5 Å². The molecule has 1 unspecified atom stereocenters. The molecule has 1 atom stereocenters. The Morgan fingerprint density at radius 1 is 1.19 bits per heavy atom. The average Bonchev–Trinajstić information content (AvgIpc) is 2.68. The fourth-order valence-corrected chi connectivity index (χ4v) is 3.62. The van der Waals surface area contributed by atoms with Crippen molar-refractivity contribution in [1.82, 2.24) is 10.6 Å². The van der Waals surface area contributed by atoms with Gasteiger partial charge in [0.25, 0.3) is 0 Å². The number of rotatable bonds is 6. The summed E-state index contributed by atoms with van der Waals surface area (Å²) in [7, 11) is 0. The van der Waals surface area contributed by atoms with Gasteiger partial charge >= 0.3 is 0 Å². The van der Waals surface area contributed by atoms with Crippen LogP contribution in [-0.2, 0) is 20.9 Å². The molecule has 1 saturated carbocycles. The molecular formula is C20H29N3O3. The summed E-state index contributed by atoms with van der Waals surface area (Å²) in [6.45, 7) is 2.54. The first-order valence-corrected chi connectivity index (χ1v) is 9.68. The number of anilines is 1. The maximum Gasteiger partial charge on any atom is 0.227 e. The topological polar surface area (TPSA) is 79.5 Å². The predicted molar refractivity (Wildman–Crippen MR) is 101 cm³/mol. The van der Waals surface area contributed by atoms with Crippen LogP contribution in [0.3, 0.4) is 0 Å². The highest BCUT2D eigenvalue weighted by Gasteiger charge is 2.21. The van der Waals surface area contributed by atoms with Gasteiger partial charge in [0.05, 0.1) is 13.2 Å². The van der Waals surface area contributed by atoms with E-state index in [0.717, 1.165) is 43.5 Å². The molecule has 6 nitrogen and oxygen atoms in total. The fourth-order valence-electron chi connectivity index (χ4n) is 3.62. The second-order valence-electron chi connectivity index (χ2n) is 7.23. The molecular weight excluding hydrogens is 330 g/mol. The molecule has 1 saturated heterocycles. The van der Waals surface area contributed by atoms with Crippen molar-refractivity contribution in [3.8, 4) is 0 Å². The van der Waals surface area contributed by atoms with Crippen LogP contribution in [0.4, 0.5) is 5.69 Å². The molecule has 1 aromatic carbocycles. The Labute approximate surface area is 155 Å². The molecule has 0 aromatic heterocycles. The SMILES string of the molecule is O=C(CC1COCCN1)NCc1cccc(NC(=O)C2CCCCC2)c1. The van der Waals surface area contributed by atoms with Crippen LogP contribution in [0.1, 0.15) is 44.1 Å². The van der Waals surface area contributed by atoms with E-state index in [1.54, 1.807) is 0 Å². The zero-order chi connectivity index (χ0) is 18.2. The Kier molecular flexibility index (Phi) is 7.03. The molecule has 0 radical (unpaired) electrons. The number of carbonyl (C=O) groups is 2. The lowest BCUT2D eigenvalue weighted by Gasteiger charge is -2.23. The molecule has 0 bridgehead atoms. The van der Waals surface area contributed by atoms with E-state index in [1.807, 2.05) is 24.3 Å². The Balaban J connectivity index is 1.45. The van der Waals surface area contributed by atoms with Gasteiger partial charge in [-0.1, -0.05) is 31.4 Å². The summed E-state index contributed by atoms with van der Waals surface area (Å²) >= 11 is 0. The predicted octanol–water partition coefficient (Wildman–Crippen LogP) is 2.20. The molecule has 0 spiro atoms. The van der Waals surface area contributed by atoms with Crippen molar-refractivity contribution in [2.24, 2.45) is 5.92 Å². The summed E-state index contributed by atoms with van der Waals surface area (Å²) in [6, 6.07) is 7.79. The summed E-state index contributed by atoms with van der Waals surface area (Å²) in [5.74, 6) is 0.260. The van der Waals surface area contributed by atoms with Gasteiger partial charge in [0.1, 0.15) is 0 Å². The van der Waals surface area contributed by atoms with Gasteiger partial charge in [-0.3, -0.25) is 9.59 Å². The third-order valence-corrected chi connectivity index (χ3v) is 5.09. The van der Waals surface area contributed by atoms with E-state index in [-0.39, 0.29) is 23.8 Å². The van der Waals surface area contributed by atoms with Crippen LogP contribution in [0.5, 0.6) is 0 Å². The van der Waals surface area contributed by atoms with Crippen molar-refractivity contribution in [3.63, 3.8) is 0 Å². The van der Waals surface area contributed by atoms with E-state index in [1.165, 1.54) is 6.42 Å². The van der Waals surface area contributed by atoms with Gasteiger partial charge in [-0.25, -0.2) is 0 Å². The van der Waals surface area contributed by atoms with E-state index in [4.69, 9.17) is 4.74 Å². The highest BCUT2D eigenvalue weighted by atomic mass is 16.5. The molecule has 2 aliphatic rings. The zero-order valence-electron chi connectivity index (χ0n) is 15.3. The average molecular weight is 359 g/mol. The Morgan fingerprint density at radius 2 is 2.04 bits per heavy atom. The van der Waals surface area contributed by atoms with Crippen molar-refractivity contribution in [2.75, 3.05) is 25.1 Å². The lowest BCUT2D eigenvalue weighted by Crippen LogP contribution is -2.44. The molecule has 26 heavy (non-hydrogen) atoms. The van der Waals surface area contributed by atoms with Gasteiger partial charge < -0.3 is 20.7 Å². The van der Waals surface area contributed by atoms with Crippen molar-refractivity contribution in [3.05, 3.63) is 29.8 Å². The second kappa shape index (κ2) is 9.69. The number of hydrogen-bond acceptors (Lipinski definition) is 4. The van der Waals surface area contributed by atoms with Gasteiger partial charge in [0.15, 0.2) is 0 Å². The largest absolute Gasteiger partial charge is 0.378 e. The summed E-state index contributed by atoms with van der Waals surface area (Å²) < 4.78 is 5.37. The van der Waals surface area contributed by atoms with Crippen molar-refractivity contribution in [1.29, 1.82) is 0 Å². The lowest BCUT2D eigenvalue weighted by molar-refractivity contribution is -0.122. The normalized spacial score (nSPS) is 21.2. The summed E-state index contributed by atoms with van der Waals surface area (Å²) in [4.78, 5) is 24.4. The van der Waals surface area contributed by atoms with Crippen LogP contribution in [-0.4, -0.2) is 37.6 Å². The van der Waals surface area contributed by atoms with Crippen molar-refractivity contribution >= 4 is 17.5 Å². The fraction of sp³-hybridized carbons (Fsp3) is 0.600. The monoisotopic (exact) mass is 359 g/mol. The maximum absolute atomic E-state index is 12.4. The standard InChI is InChI=1S/C20H29N3O3/c24-19(12-18-14-26-10-9-21-18)22-13-15-5-4-8-17(11-15)23-20(25)16-6-2-1-3-7-16/h4-5,8,11,16,18,21H,1-3,6-7,9-10,12-14H2,(H,22,24)(H,23,25). The first-order chi connectivity index (χ1) is 12.7. The van der Waals surface area contributed by atoms with Crippen LogP contribution >= 0.6 is 0 Å². The molecule has 1 aromatic rings. The molecule has 3 rings (SSSR count). The Bertz CT molecular complexity index is 608. The van der Waals surface area contributed by atoms with Crippen LogP contribution in [0.25, 0.3) is 0 Å². The van der Waals surface area contributed by atoms with Crippen LogP contribution in [0.15, 0.2) is 24.3 Å². The minimum atomic E-state index is 0.00430. The quantitative estimate of drug-likeness (QED) is 0.727. The third kappa shape index (κ3) is 5.81. The van der Waals surface area contributed by atoms with E-state index in [2.05, 4.69) is 16.0 Å². The number of ether oxygens (including phenoxy) is 1. The molecule has 2 amide bonds. The van der Waals surface area contributed by atoms with E-state index < -0.39 is 0 Å². The summed E-state index contributed by atoms with van der Waals surface area (Å²) in [5.41, 5.74) is 1.78. The summed E-state index contributed by atoms with van der Waals surface area (Å²) in [5, 5.41) is 9.25. The number of morpholine rings is 1. The highest BCUT2D eigenvalue weighted by molar-refractivity contribution is 5.92. The molecule has 6 heteroatoms. The highest BCUT2D eigenvalue weighted by Crippen LogP contribution is 2.25. The smallest absolute Gasteiger partial charge is 0.227 e. The molecule has 1 heterocycles. The lowest BCUT2D eigenvalue weighted by atomic mass is 9.88. The number of carbonyl (C=O) groups excluding carboxylic acids is 2.